The molecule has 0 radical (unpaired) electrons. The van der Waals surface area contributed by atoms with Crippen LogP contribution in [0.5, 0.6) is 0 Å². The van der Waals surface area contributed by atoms with Gasteiger partial charge in [0.05, 0.1) is 11.1 Å². The molecule has 0 saturated carbocycles. The molecule has 0 aliphatic carbocycles. The molecule has 0 heterocycles. The summed E-state index contributed by atoms with van der Waals surface area (Å²) >= 11 is 0. The molecule has 0 N–H and O–H groups in total. The van der Waals surface area contributed by atoms with Crippen LogP contribution in [0.15, 0.2) is 115 Å². The Bertz CT molecular complexity index is 992. The van der Waals surface area contributed by atoms with Gasteiger partial charge in [-0.3, -0.25) is 10.1 Å². The smallest absolute Gasteiger partial charge is 0.258 e. The molecular weight excluding hydrogens is 413 g/mol. The topological polar surface area (TPSA) is 43.1 Å². The highest BCUT2D eigenvalue weighted by Crippen LogP contribution is 2.58. The monoisotopic (exact) mass is 434 g/mol. The van der Waals surface area contributed by atoms with Crippen LogP contribution in [0.4, 0.5) is 5.69 Å². The molecule has 4 rings (SSSR count). The molecular formula is C25H22ClNO2P+. The van der Waals surface area contributed by atoms with Crippen LogP contribution >= 0.6 is 19.7 Å². The van der Waals surface area contributed by atoms with E-state index >= 15 is 0 Å². The number of nitro benzene ring substituents is 1. The van der Waals surface area contributed by atoms with E-state index in [-0.39, 0.29) is 23.0 Å². The Morgan fingerprint density at radius 2 is 0.967 bits per heavy atom. The summed E-state index contributed by atoms with van der Waals surface area (Å²) in [7, 11) is -1.98. The summed E-state index contributed by atoms with van der Waals surface area (Å²) in [4.78, 5) is 10.7. The Kier molecular flexibility index (Phi) is 6.99. The van der Waals surface area contributed by atoms with Crippen molar-refractivity contribution in [3.8, 4) is 0 Å². The van der Waals surface area contributed by atoms with Crippen LogP contribution in [0.2, 0.25) is 0 Å². The molecule has 0 unspecified atom stereocenters. The lowest BCUT2D eigenvalue weighted by molar-refractivity contribution is -0.384. The van der Waals surface area contributed by atoms with Crippen LogP contribution < -0.4 is 15.9 Å². The van der Waals surface area contributed by atoms with E-state index < -0.39 is 7.26 Å². The molecule has 0 bridgehead atoms. The van der Waals surface area contributed by atoms with Crippen LogP contribution in [0.25, 0.3) is 0 Å². The van der Waals surface area contributed by atoms with Gasteiger partial charge in [-0.25, -0.2) is 0 Å². The van der Waals surface area contributed by atoms with Crippen LogP contribution in [0.3, 0.4) is 0 Å². The molecule has 0 fully saturated rings. The molecule has 0 spiro atoms. The van der Waals surface area contributed by atoms with Gasteiger partial charge in [0.2, 0.25) is 0 Å². The highest BCUT2D eigenvalue weighted by Gasteiger charge is 2.45. The number of non-ortho nitro benzene ring substituents is 1. The first-order chi connectivity index (χ1) is 14.2. The molecule has 0 saturated heterocycles. The normalized spacial score (nSPS) is 10.8. The fourth-order valence-corrected chi connectivity index (χ4v) is 8.01. The minimum Gasteiger partial charge on any atom is -0.258 e. The maximum Gasteiger partial charge on any atom is 0.269 e. The third-order valence-electron chi connectivity index (χ3n) is 5.16. The number of benzene rings is 4. The van der Waals surface area contributed by atoms with Gasteiger partial charge in [0.25, 0.3) is 5.69 Å². The van der Waals surface area contributed by atoms with Crippen molar-refractivity contribution in [1.29, 1.82) is 0 Å². The highest BCUT2D eigenvalue weighted by atomic mass is 35.5. The second-order valence-corrected chi connectivity index (χ2v) is 10.4. The Balaban J connectivity index is 0.00000256. The first-order valence-corrected chi connectivity index (χ1v) is 11.5. The van der Waals surface area contributed by atoms with E-state index in [0.717, 1.165) is 11.7 Å². The fraction of sp³-hybridized carbons (Fsp3) is 0.0400. The SMILES string of the molecule is Cl.O=[N+]([O-])c1ccc(C[P+](c2ccccc2)(c2ccccc2)c2ccccc2)cc1. The number of rotatable bonds is 6. The van der Waals surface area contributed by atoms with Crippen molar-refractivity contribution in [1.82, 2.24) is 0 Å². The Morgan fingerprint density at radius 1 is 0.600 bits per heavy atom. The Morgan fingerprint density at radius 3 is 1.30 bits per heavy atom. The molecule has 0 aliphatic heterocycles. The maximum atomic E-state index is 11.1. The van der Waals surface area contributed by atoms with Crippen molar-refractivity contribution < 1.29 is 4.92 Å². The molecule has 30 heavy (non-hydrogen) atoms. The van der Waals surface area contributed by atoms with Crippen molar-refractivity contribution in [2.75, 3.05) is 0 Å². The summed E-state index contributed by atoms with van der Waals surface area (Å²) < 4.78 is 0. The molecule has 150 valence electrons. The van der Waals surface area contributed by atoms with Gasteiger partial charge in [-0.05, 0) is 54.1 Å². The maximum absolute atomic E-state index is 11.1. The minimum atomic E-state index is -1.98. The number of nitrogens with zero attached hydrogens (tertiary/aromatic N) is 1. The standard InChI is InChI=1S/C25H21NO2P.ClH/c27-26(28)22-18-16-21(17-19-22)20-29(23-10-4-1-5-11-23,24-12-6-2-7-13-24)25-14-8-3-9-15-25;/h1-19H,20H2;1H/q+1;. The largest absolute Gasteiger partial charge is 0.269 e. The van der Waals surface area contributed by atoms with Gasteiger partial charge in [-0.15, -0.1) is 12.4 Å². The van der Waals surface area contributed by atoms with E-state index in [1.54, 1.807) is 12.1 Å². The van der Waals surface area contributed by atoms with Crippen molar-refractivity contribution in [2.24, 2.45) is 0 Å². The third-order valence-corrected chi connectivity index (χ3v) is 9.54. The molecule has 3 nitrogen and oxygen atoms in total. The van der Waals surface area contributed by atoms with Crippen molar-refractivity contribution in [3.05, 3.63) is 131 Å². The van der Waals surface area contributed by atoms with Gasteiger partial charge in [0, 0.05) is 12.1 Å². The first kappa shape index (κ1) is 21.7. The molecule has 0 atom stereocenters. The highest BCUT2D eigenvalue weighted by molar-refractivity contribution is 7.95. The minimum absolute atomic E-state index is 0. The van der Waals surface area contributed by atoms with E-state index in [1.807, 2.05) is 30.3 Å². The van der Waals surface area contributed by atoms with E-state index in [0.29, 0.717) is 0 Å². The van der Waals surface area contributed by atoms with Crippen LogP contribution in [0.1, 0.15) is 5.56 Å². The summed E-state index contributed by atoms with van der Waals surface area (Å²) in [5, 5.41) is 15.0. The zero-order valence-corrected chi connectivity index (χ0v) is 18.0. The molecule has 0 aromatic heterocycles. The van der Waals surface area contributed by atoms with E-state index in [9.17, 15) is 10.1 Å². The summed E-state index contributed by atoms with van der Waals surface area (Å²) in [6, 6.07) is 38.9. The molecule has 5 heteroatoms. The van der Waals surface area contributed by atoms with Gasteiger partial charge in [0.15, 0.2) is 0 Å². The number of hydrogen-bond acceptors (Lipinski definition) is 2. The van der Waals surface area contributed by atoms with Crippen molar-refractivity contribution in [2.45, 2.75) is 6.16 Å². The fourth-order valence-electron chi connectivity index (χ4n) is 3.77. The average Bonchev–Trinajstić information content (AvgIpc) is 2.79. The predicted molar refractivity (Wildman–Crippen MR) is 129 cm³/mol. The molecule has 0 amide bonds. The second kappa shape index (κ2) is 9.67. The first-order valence-electron chi connectivity index (χ1n) is 9.48. The summed E-state index contributed by atoms with van der Waals surface area (Å²) in [5.74, 6) is 0. The van der Waals surface area contributed by atoms with Crippen LogP contribution in [-0.4, -0.2) is 4.92 Å². The zero-order chi connectivity index (χ0) is 20.1. The van der Waals surface area contributed by atoms with E-state index in [2.05, 4.69) is 72.8 Å². The van der Waals surface area contributed by atoms with Crippen LogP contribution in [-0.2, 0) is 6.16 Å². The Hall–Kier alpha value is -3.00. The third kappa shape index (κ3) is 4.28. The van der Waals surface area contributed by atoms with Gasteiger partial charge in [-0.1, -0.05) is 54.6 Å². The summed E-state index contributed by atoms with van der Waals surface area (Å²) in [5.41, 5.74) is 1.22. The van der Waals surface area contributed by atoms with Gasteiger partial charge < -0.3 is 0 Å². The van der Waals surface area contributed by atoms with Crippen LogP contribution in [0, 0.1) is 10.1 Å². The number of hydrogen-bond donors (Lipinski definition) is 0. The average molecular weight is 435 g/mol. The van der Waals surface area contributed by atoms with E-state index in [1.165, 1.54) is 15.9 Å². The lowest BCUT2D eigenvalue weighted by atomic mass is 10.2. The molecule has 0 aliphatic rings. The predicted octanol–water partition coefficient (Wildman–Crippen LogP) is 5.51. The Labute approximate surface area is 183 Å². The molecule has 4 aromatic carbocycles. The van der Waals surface area contributed by atoms with E-state index in [4.69, 9.17) is 0 Å². The number of halogens is 1. The van der Waals surface area contributed by atoms with Gasteiger partial charge in [0.1, 0.15) is 23.2 Å². The summed E-state index contributed by atoms with van der Waals surface area (Å²) in [6.07, 6.45) is 0.809. The number of nitro groups is 1. The molecule has 4 aromatic rings. The van der Waals surface area contributed by atoms with Gasteiger partial charge >= 0.3 is 0 Å². The quantitative estimate of drug-likeness (QED) is 0.228. The van der Waals surface area contributed by atoms with Crippen molar-refractivity contribution in [3.63, 3.8) is 0 Å². The lowest BCUT2D eigenvalue weighted by Gasteiger charge is -2.27. The zero-order valence-electron chi connectivity index (χ0n) is 16.3. The van der Waals surface area contributed by atoms with Crippen molar-refractivity contribution >= 4 is 41.3 Å². The second-order valence-electron chi connectivity index (χ2n) is 6.90. The lowest BCUT2D eigenvalue weighted by Crippen LogP contribution is -2.32. The summed E-state index contributed by atoms with van der Waals surface area (Å²) in [6.45, 7) is 0. The van der Waals surface area contributed by atoms with Gasteiger partial charge in [-0.2, -0.15) is 0 Å².